The van der Waals surface area contributed by atoms with Gasteiger partial charge in [-0.25, -0.2) is 4.98 Å². The highest BCUT2D eigenvalue weighted by atomic mass is 16.3. The monoisotopic (exact) mass is 239 g/mol. The maximum atomic E-state index is 9.11. The molecule has 0 saturated carbocycles. The molecule has 18 heavy (non-hydrogen) atoms. The van der Waals surface area contributed by atoms with E-state index in [2.05, 4.69) is 9.97 Å². The van der Waals surface area contributed by atoms with Gasteiger partial charge in [0.15, 0.2) is 0 Å². The minimum atomic E-state index is 0.0195. The normalized spacial score (nSPS) is 10.9. The van der Waals surface area contributed by atoms with E-state index in [1.165, 1.54) is 0 Å². The van der Waals surface area contributed by atoms with Crippen LogP contribution < -0.4 is 5.73 Å². The summed E-state index contributed by atoms with van der Waals surface area (Å²) in [5, 5.41) is 9.11. The summed E-state index contributed by atoms with van der Waals surface area (Å²) in [5.74, 6) is 0.748. The topological polar surface area (TPSA) is 74.9 Å². The highest BCUT2D eigenvalue weighted by molar-refractivity contribution is 5.82. The first-order chi connectivity index (χ1) is 8.78. The van der Waals surface area contributed by atoms with Gasteiger partial charge in [0.25, 0.3) is 0 Å². The number of benzene rings is 2. The molecule has 0 aliphatic carbocycles. The van der Waals surface area contributed by atoms with E-state index in [1.54, 1.807) is 0 Å². The second kappa shape index (κ2) is 4.16. The Hall–Kier alpha value is -2.33. The number of aromatic nitrogens is 2. The Labute approximate surface area is 104 Å². The molecule has 3 rings (SSSR count). The molecule has 4 nitrogen and oxygen atoms in total. The van der Waals surface area contributed by atoms with Crippen LogP contribution in [0.15, 0.2) is 42.5 Å². The van der Waals surface area contributed by atoms with Gasteiger partial charge in [0.05, 0.1) is 17.6 Å². The SMILES string of the molecule is Nc1ccccc1-c1nc2cc(CO)ccc2[nH]1. The van der Waals surface area contributed by atoms with Crippen LogP contribution in [0, 0.1) is 0 Å². The lowest BCUT2D eigenvalue weighted by Crippen LogP contribution is -1.90. The molecular formula is C14H13N3O. The van der Waals surface area contributed by atoms with E-state index >= 15 is 0 Å². The number of imidazole rings is 1. The van der Waals surface area contributed by atoms with Gasteiger partial charge < -0.3 is 15.8 Å². The molecule has 0 aliphatic heterocycles. The standard InChI is InChI=1S/C14H13N3O/c15-11-4-2-1-3-10(11)14-16-12-6-5-9(8-18)7-13(12)17-14/h1-7,18H,8,15H2,(H,16,17). The molecule has 2 aromatic carbocycles. The average Bonchev–Trinajstić information content (AvgIpc) is 2.81. The molecule has 0 amide bonds. The Bertz CT molecular complexity index is 703. The van der Waals surface area contributed by atoms with Crippen molar-refractivity contribution >= 4 is 16.7 Å². The average molecular weight is 239 g/mol. The van der Waals surface area contributed by atoms with Crippen molar-refractivity contribution in [3.05, 3.63) is 48.0 Å². The second-order valence-electron chi connectivity index (χ2n) is 4.18. The number of rotatable bonds is 2. The summed E-state index contributed by atoms with van der Waals surface area (Å²) in [6, 6.07) is 13.3. The Kier molecular flexibility index (Phi) is 2.50. The summed E-state index contributed by atoms with van der Waals surface area (Å²) in [5.41, 5.74) is 10.1. The zero-order valence-corrected chi connectivity index (χ0v) is 9.72. The minimum absolute atomic E-state index is 0.0195. The lowest BCUT2D eigenvalue weighted by Gasteiger charge is -2.00. The molecule has 0 saturated heterocycles. The van der Waals surface area contributed by atoms with Crippen LogP contribution in [0.4, 0.5) is 5.69 Å². The maximum absolute atomic E-state index is 9.11. The van der Waals surface area contributed by atoms with Gasteiger partial charge in [-0.05, 0) is 29.8 Å². The molecular weight excluding hydrogens is 226 g/mol. The third-order valence-corrected chi connectivity index (χ3v) is 2.95. The lowest BCUT2D eigenvalue weighted by molar-refractivity contribution is 0.282. The third kappa shape index (κ3) is 1.72. The fourth-order valence-electron chi connectivity index (χ4n) is 1.99. The molecule has 1 heterocycles. The van der Waals surface area contributed by atoms with E-state index in [9.17, 15) is 0 Å². The molecule has 0 aliphatic rings. The van der Waals surface area contributed by atoms with Gasteiger partial charge >= 0.3 is 0 Å². The summed E-state index contributed by atoms with van der Waals surface area (Å²) in [6.07, 6.45) is 0. The van der Waals surface area contributed by atoms with Gasteiger partial charge in [-0.15, -0.1) is 0 Å². The molecule has 0 bridgehead atoms. The number of para-hydroxylation sites is 1. The van der Waals surface area contributed by atoms with Gasteiger partial charge in [0, 0.05) is 11.3 Å². The van der Waals surface area contributed by atoms with Crippen molar-refractivity contribution in [1.29, 1.82) is 0 Å². The number of anilines is 1. The Balaban J connectivity index is 2.17. The van der Waals surface area contributed by atoms with Crippen molar-refractivity contribution in [2.24, 2.45) is 0 Å². The number of hydrogen-bond donors (Lipinski definition) is 3. The van der Waals surface area contributed by atoms with E-state index in [0.29, 0.717) is 5.69 Å². The summed E-state index contributed by atoms with van der Waals surface area (Å²) in [6.45, 7) is 0.0195. The largest absolute Gasteiger partial charge is 0.398 e. The highest BCUT2D eigenvalue weighted by Crippen LogP contribution is 2.25. The minimum Gasteiger partial charge on any atom is -0.398 e. The van der Waals surface area contributed by atoms with Crippen LogP contribution in [-0.4, -0.2) is 15.1 Å². The Morgan fingerprint density at radius 2 is 2.00 bits per heavy atom. The van der Waals surface area contributed by atoms with E-state index in [-0.39, 0.29) is 6.61 Å². The number of nitrogens with one attached hydrogen (secondary N) is 1. The summed E-state index contributed by atoms with van der Waals surface area (Å²) < 4.78 is 0. The third-order valence-electron chi connectivity index (χ3n) is 2.95. The van der Waals surface area contributed by atoms with Gasteiger partial charge in [0.1, 0.15) is 5.82 Å². The summed E-state index contributed by atoms with van der Waals surface area (Å²) in [4.78, 5) is 7.74. The number of aromatic amines is 1. The maximum Gasteiger partial charge on any atom is 0.140 e. The molecule has 90 valence electrons. The zero-order valence-electron chi connectivity index (χ0n) is 9.72. The van der Waals surface area contributed by atoms with E-state index in [1.807, 2.05) is 42.5 Å². The van der Waals surface area contributed by atoms with E-state index in [4.69, 9.17) is 10.8 Å². The molecule has 0 unspecified atom stereocenters. The number of H-pyrrole nitrogens is 1. The van der Waals surface area contributed by atoms with Gasteiger partial charge in [-0.1, -0.05) is 18.2 Å². The van der Waals surface area contributed by atoms with Crippen LogP contribution in [0.5, 0.6) is 0 Å². The first kappa shape index (κ1) is 10.8. The Morgan fingerprint density at radius 3 is 2.78 bits per heavy atom. The molecule has 0 fully saturated rings. The highest BCUT2D eigenvalue weighted by Gasteiger charge is 2.07. The van der Waals surface area contributed by atoms with Crippen molar-refractivity contribution in [2.75, 3.05) is 5.73 Å². The summed E-state index contributed by atoms with van der Waals surface area (Å²) >= 11 is 0. The van der Waals surface area contributed by atoms with Crippen LogP contribution in [0.25, 0.3) is 22.4 Å². The van der Waals surface area contributed by atoms with Crippen molar-refractivity contribution in [1.82, 2.24) is 9.97 Å². The molecule has 4 heteroatoms. The smallest absolute Gasteiger partial charge is 0.140 e. The molecule has 0 spiro atoms. The van der Waals surface area contributed by atoms with E-state index in [0.717, 1.165) is 28.0 Å². The lowest BCUT2D eigenvalue weighted by atomic mass is 10.2. The second-order valence-corrected chi connectivity index (χ2v) is 4.18. The van der Waals surface area contributed by atoms with Gasteiger partial charge in [-0.2, -0.15) is 0 Å². The van der Waals surface area contributed by atoms with Crippen molar-refractivity contribution in [3.8, 4) is 11.4 Å². The van der Waals surface area contributed by atoms with Crippen molar-refractivity contribution in [2.45, 2.75) is 6.61 Å². The number of aliphatic hydroxyl groups excluding tert-OH is 1. The number of nitrogens with zero attached hydrogens (tertiary/aromatic N) is 1. The number of fused-ring (bicyclic) bond motifs is 1. The van der Waals surface area contributed by atoms with Gasteiger partial charge in [-0.3, -0.25) is 0 Å². The molecule has 4 N–H and O–H groups in total. The van der Waals surface area contributed by atoms with Crippen molar-refractivity contribution in [3.63, 3.8) is 0 Å². The van der Waals surface area contributed by atoms with Gasteiger partial charge in [0.2, 0.25) is 0 Å². The van der Waals surface area contributed by atoms with Crippen LogP contribution >= 0.6 is 0 Å². The predicted octanol–water partition coefficient (Wildman–Crippen LogP) is 2.30. The molecule has 0 radical (unpaired) electrons. The molecule has 1 aromatic heterocycles. The number of nitrogens with two attached hydrogens (primary N) is 1. The summed E-state index contributed by atoms with van der Waals surface area (Å²) in [7, 11) is 0. The van der Waals surface area contributed by atoms with E-state index < -0.39 is 0 Å². The van der Waals surface area contributed by atoms with Crippen LogP contribution in [-0.2, 0) is 6.61 Å². The fourth-order valence-corrected chi connectivity index (χ4v) is 1.99. The van der Waals surface area contributed by atoms with Crippen LogP contribution in [0.1, 0.15) is 5.56 Å². The van der Waals surface area contributed by atoms with Crippen LogP contribution in [0.3, 0.4) is 0 Å². The fraction of sp³-hybridized carbons (Fsp3) is 0.0714. The first-order valence-electron chi connectivity index (χ1n) is 5.72. The zero-order chi connectivity index (χ0) is 12.5. The molecule has 0 atom stereocenters. The van der Waals surface area contributed by atoms with Crippen molar-refractivity contribution < 1.29 is 5.11 Å². The quantitative estimate of drug-likeness (QED) is 0.601. The Morgan fingerprint density at radius 1 is 1.17 bits per heavy atom. The number of nitrogen functional groups attached to an aromatic ring is 1. The first-order valence-corrected chi connectivity index (χ1v) is 5.72. The predicted molar refractivity (Wildman–Crippen MR) is 71.9 cm³/mol. The van der Waals surface area contributed by atoms with Crippen LogP contribution in [0.2, 0.25) is 0 Å². The molecule has 3 aromatic rings. The number of aliphatic hydroxyl groups is 1. The number of hydrogen-bond acceptors (Lipinski definition) is 3.